The van der Waals surface area contributed by atoms with Crippen LogP contribution in [0.4, 0.5) is 19.6 Å². The highest BCUT2D eigenvalue weighted by molar-refractivity contribution is 8.01. The highest BCUT2D eigenvalue weighted by atomic mass is 32.2. The zero-order valence-corrected chi connectivity index (χ0v) is 14.8. The van der Waals surface area contributed by atoms with Crippen molar-refractivity contribution in [3.8, 4) is 0 Å². The monoisotopic (exact) mass is 386 g/mol. The van der Waals surface area contributed by atoms with Crippen LogP contribution in [-0.2, 0) is 9.53 Å². The van der Waals surface area contributed by atoms with Crippen LogP contribution in [0.5, 0.6) is 0 Å². The molecule has 1 aliphatic heterocycles. The van der Waals surface area contributed by atoms with Crippen molar-refractivity contribution in [2.24, 2.45) is 0 Å². The summed E-state index contributed by atoms with van der Waals surface area (Å²) >= 11 is 2.58. The number of aromatic nitrogens is 2. The molecule has 0 bridgehead atoms. The Labute approximate surface area is 151 Å². The fraction of sp³-hybridized carbons (Fsp3) is 0.400. The number of thioether (sulfide) groups is 1. The Balaban J connectivity index is 1.43. The molecular formula is C15H16F2N4O2S2. The average molecular weight is 386 g/mol. The molecule has 1 saturated heterocycles. The lowest BCUT2D eigenvalue weighted by Crippen LogP contribution is -2.18. The molecular weight excluding hydrogens is 370 g/mol. The molecule has 1 fully saturated rings. The topological polar surface area (TPSA) is 76.1 Å². The van der Waals surface area contributed by atoms with E-state index in [1.807, 2.05) is 0 Å². The van der Waals surface area contributed by atoms with Crippen LogP contribution in [0.3, 0.4) is 0 Å². The van der Waals surface area contributed by atoms with E-state index in [2.05, 4.69) is 20.8 Å². The van der Waals surface area contributed by atoms with Gasteiger partial charge in [0.05, 0.1) is 11.9 Å². The average Bonchev–Trinajstić information content (AvgIpc) is 3.26. The van der Waals surface area contributed by atoms with Crippen molar-refractivity contribution in [3.05, 3.63) is 29.8 Å². The lowest BCUT2D eigenvalue weighted by atomic mass is 10.2. The van der Waals surface area contributed by atoms with Gasteiger partial charge in [-0.25, -0.2) is 8.78 Å². The van der Waals surface area contributed by atoms with Crippen molar-refractivity contribution in [3.63, 3.8) is 0 Å². The molecule has 134 valence electrons. The molecule has 25 heavy (non-hydrogen) atoms. The second-order valence-corrected chi connectivity index (χ2v) is 7.55. The number of halogens is 2. The third-order valence-electron chi connectivity index (χ3n) is 3.44. The van der Waals surface area contributed by atoms with Gasteiger partial charge in [-0.2, -0.15) is 0 Å². The van der Waals surface area contributed by atoms with Crippen molar-refractivity contribution in [1.82, 2.24) is 10.2 Å². The summed E-state index contributed by atoms with van der Waals surface area (Å²) in [5.74, 6) is -2.19. The molecule has 2 N–H and O–H groups in total. The van der Waals surface area contributed by atoms with Crippen LogP contribution in [0.2, 0.25) is 0 Å². The van der Waals surface area contributed by atoms with Crippen molar-refractivity contribution in [2.75, 3.05) is 29.5 Å². The maximum Gasteiger partial charge on any atom is 0.234 e. The van der Waals surface area contributed by atoms with Crippen LogP contribution in [0.15, 0.2) is 22.5 Å². The summed E-state index contributed by atoms with van der Waals surface area (Å²) in [5.41, 5.74) is 0.209. The summed E-state index contributed by atoms with van der Waals surface area (Å²) in [5, 5.41) is 14.4. The van der Waals surface area contributed by atoms with Gasteiger partial charge in [0.25, 0.3) is 0 Å². The van der Waals surface area contributed by atoms with Crippen LogP contribution in [0.1, 0.15) is 12.8 Å². The molecule has 10 heteroatoms. The molecule has 1 aromatic heterocycles. The van der Waals surface area contributed by atoms with E-state index in [-0.39, 0.29) is 23.5 Å². The smallest absolute Gasteiger partial charge is 0.234 e. The summed E-state index contributed by atoms with van der Waals surface area (Å²) < 4.78 is 32.1. The molecule has 1 amide bonds. The fourth-order valence-corrected chi connectivity index (χ4v) is 3.80. The first-order valence-electron chi connectivity index (χ1n) is 7.67. The number of hydrogen-bond acceptors (Lipinski definition) is 7. The first-order valence-corrected chi connectivity index (χ1v) is 9.47. The lowest BCUT2D eigenvalue weighted by Gasteiger charge is -2.08. The highest BCUT2D eigenvalue weighted by Gasteiger charge is 2.16. The van der Waals surface area contributed by atoms with Crippen molar-refractivity contribution >= 4 is 39.8 Å². The number of rotatable bonds is 7. The number of carbonyl (C=O) groups excluding carboxylic acids is 1. The SMILES string of the molecule is O=C(CSc1nnc(NC[C@H]2CCCO2)s1)Nc1ccc(F)c(F)c1. The predicted octanol–water partition coefficient (Wildman–Crippen LogP) is 3.14. The first-order chi connectivity index (χ1) is 12.1. The Hall–Kier alpha value is -1.78. The summed E-state index contributed by atoms with van der Waals surface area (Å²) in [6, 6.07) is 3.21. The Bertz CT molecular complexity index is 738. The lowest BCUT2D eigenvalue weighted by molar-refractivity contribution is -0.113. The van der Waals surface area contributed by atoms with E-state index in [0.29, 0.717) is 16.0 Å². The summed E-state index contributed by atoms with van der Waals surface area (Å²) in [7, 11) is 0. The number of nitrogens with zero attached hydrogens (tertiary/aromatic N) is 2. The number of hydrogen-bond donors (Lipinski definition) is 2. The van der Waals surface area contributed by atoms with Gasteiger partial charge in [0.1, 0.15) is 0 Å². The quantitative estimate of drug-likeness (QED) is 0.712. The van der Waals surface area contributed by atoms with E-state index in [0.717, 1.165) is 31.6 Å². The minimum atomic E-state index is -1.00. The highest BCUT2D eigenvalue weighted by Crippen LogP contribution is 2.26. The fourth-order valence-electron chi connectivity index (χ4n) is 2.24. The van der Waals surface area contributed by atoms with E-state index in [4.69, 9.17) is 4.74 Å². The third-order valence-corrected chi connectivity index (χ3v) is 5.46. The van der Waals surface area contributed by atoms with Gasteiger partial charge < -0.3 is 15.4 Å². The Kier molecular flexibility index (Phi) is 6.16. The summed E-state index contributed by atoms with van der Waals surface area (Å²) in [4.78, 5) is 11.9. The molecule has 3 rings (SSSR count). The zero-order chi connectivity index (χ0) is 17.6. The predicted molar refractivity (Wildman–Crippen MR) is 93.1 cm³/mol. The molecule has 1 aromatic carbocycles. The van der Waals surface area contributed by atoms with E-state index in [1.165, 1.54) is 29.2 Å². The van der Waals surface area contributed by atoms with Crippen molar-refractivity contribution in [1.29, 1.82) is 0 Å². The molecule has 2 heterocycles. The standard InChI is InChI=1S/C15H16F2N4O2S2/c16-11-4-3-9(6-12(11)17)19-13(22)8-24-15-21-20-14(25-15)18-7-10-2-1-5-23-10/h3-4,6,10H,1-2,5,7-8H2,(H,18,20)(H,19,22)/t10-/m1/s1. The van der Waals surface area contributed by atoms with E-state index >= 15 is 0 Å². The Morgan fingerprint density at radius 3 is 3.00 bits per heavy atom. The van der Waals surface area contributed by atoms with E-state index < -0.39 is 11.6 Å². The second kappa shape index (κ2) is 8.54. The molecule has 6 nitrogen and oxygen atoms in total. The van der Waals surface area contributed by atoms with Crippen LogP contribution < -0.4 is 10.6 Å². The van der Waals surface area contributed by atoms with Crippen LogP contribution in [0.25, 0.3) is 0 Å². The van der Waals surface area contributed by atoms with Gasteiger partial charge in [0.15, 0.2) is 16.0 Å². The van der Waals surface area contributed by atoms with Gasteiger partial charge in [0.2, 0.25) is 11.0 Å². The van der Waals surface area contributed by atoms with Crippen LogP contribution in [0, 0.1) is 11.6 Å². The first kappa shape index (κ1) is 18.0. The van der Waals surface area contributed by atoms with E-state index in [1.54, 1.807) is 0 Å². The Morgan fingerprint density at radius 2 is 2.24 bits per heavy atom. The maximum absolute atomic E-state index is 13.1. The zero-order valence-electron chi connectivity index (χ0n) is 13.1. The number of anilines is 2. The number of carbonyl (C=O) groups is 1. The second-order valence-electron chi connectivity index (χ2n) is 5.35. The van der Waals surface area contributed by atoms with Gasteiger partial charge in [-0.15, -0.1) is 10.2 Å². The number of ether oxygens (including phenoxy) is 1. The van der Waals surface area contributed by atoms with Gasteiger partial charge in [-0.1, -0.05) is 23.1 Å². The number of nitrogens with one attached hydrogen (secondary N) is 2. The van der Waals surface area contributed by atoms with Gasteiger partial charge in [0, 0.05) is 24.9 Å². The molecule has 2 aromatic rings. The van der Waals surface area contributed by atoms with Crippen molar-refractivity contribution in [2.45, 2.75) is 23.3 Å². The normalized spacial score (nSPS) is 16.8. The van der Waals surface area contributed by atoms with E-state index in [9.17, 15) is 13.6 Å². The molecule has 0 radical (unpaired) electrons. The minimum Gasteiger partial charge on any atom is -0.376 e. The molecule has 0 aliphatic carbocycles. The van der Waals surface area contributed by atoms with Crippen LogP contribution in [-0.4, -0.2) is 41.1 Å². The molecule has 0 unspecified atom stereocenters. The van der Waals surface area contributed by atoms with Gasteiger partial charge >= 0.3 is 0 Å². The van der Waals surface area contributed by atoms with Crippen LogP contribution >= 0.6 is 23.1 Å². The minimum absolute atomic E-state index is 0.0966. The molecule has 1 aliphatic rings. The number of amides is 1. The maximum atomic E-state index is 13.1. The third kappa shape index (κ3) is 5.35. The Morgan fingerprint density at radius 1 is 1.36 bits per heavy atom. The van der Waals surface area contributed by atoms with Gasteiger partial charge in [-0.3, -0.25) is 4.79 Å². The molecule has 1 atom stereocenters. The molecule has 0 saturated carbocycles. The summed E-state index contributed by atoms with van der Waals surface area (Å²) in [6.07, 6.45) is 2.33. The number of benzene rings is 1. The molecule has 0 spiro atoms. The van der Waals surface area contributed by atoms with Crippen molar-refractivity contribution < 1.29 is 18.3 Å². The summed E-state index contributed by atoms with van der Waals surface area (Å²) in [6.45, 7) is 1.49. The van der Waals surface area contributed by atoms with Gasteiger partial charge in [-0.05, 0) is 25.0 Å². The largest absolute Gasteiger partial charge is 0.376 e.